The summed E-state index contributed by atoms with van der Waals surface area (Å²) < 4.78 is 26.9. The molecule has 12 heteroatoms. The van der Waals surface area contributed by atoms with Gasteiger partial charge in [-0.05, 0) is 24.3 Å². The van der Waals surface area contributed by atoms with Crippen LogP contribution in [-0.2, 0) is 14.2 Å². The molecule has 0 spiro atoms. The highest BCUT2D eigenvalue weighted by Crippen LogP contribution is 2.30. The molecular formula is C19H28O12. The first-order valence-electron chi connectivity index (χ1n) is 9.69. The Morgan fingerprint density at radius 1 is 0.710 bits per heavy atom. The fourth-order valence-electron chi connectivity index (χ4n) is 3.43. The summed E-state index contributed by atoms with van der Waals surface area (Å²) in [6.45, 7) is -1.31. The molecule has 1 aromatic rings. The maximum atomic E-state index is 10.7. The predicted molar refractivity (Wildman–Crippen MR) is 100 cm³/mol. The van der Waals surface area contributed by atoms with Crippen molar-refractivity contribution in [1.82, 2.24) is 0 Å². The van der Waals surface area contributed by atoms with E-state index in [1.807, 2.05) is 0 Å². The smallest absolute Gasteiger partial charge is 0.229 e. The van der Waals surface area contributed by atoms with Crippen molar-refractivity contribution in [2.24, 2.45) is 0 Å². The highest BCUT2D eigenvalue weighted by atomic mass is 16.7. The molecule has 10 atom stereocenters. The van der Waals surface area contributed by atoms with Gasteiger partial charge in [-0.25, -0.2) is 0 Å². The number of aliphatic hydroxyl groups is 7. The summed E-state index contributed by atoms with van der Waals surface area (Å²) in [4.78, 5) is 0. The van der Waals surface area contributed by atoms with Crippen LogP contribution in [0.1, 0.15) is 0 Å². The van der Waals surface area contributed by atoms with Gasteiger partial charge in [0.05, 0.1) is 20.3 Å². The predicted octanol–water partition coefficient (Wildman–Crippen LogP) is -3.30. The summed E-state index contributed by atoms with van der Waals surface area (Å²) in [5.74, 6) is 0.870. The second-order valence-corrected chi connectivity index (χ2v) is 7.30. The summed E-state index contributed by atoms with van der Waals surface area (Å²) >= 11 is 0. The molecule has 12 nitrogen and oxygen atoms in total. The second kappa shape index (κ2) is 10.4. The Bertz CT molecular complexity index is 685. The Morgan fingerprint density at radius 2 is 1.26 bits per heavy atom. The van der Waals surface area contributed by atoms with Crippen LogP contribution < -0.4 is 9.47 Å². The van der Waals surface area contributed by atoms with E-state index in [1.54, 1.807) is 24.3 Å². The van der Waals surface area contributed by atoms with E-state index < -0.39 is 74.6 Å². The number of ether oxygens (including phenoxy) is 5. The molecule has 2 heterocycles. The largest absolute Gasteiger partial charge is 0.497 e. The van der Waals surface area contributed by atoms with Crippen LogP contribution >= 0.6 is 0 Å². The number of benzene rings is 1. The first-order chi connectivity index (χ1) is 14.8. The molecule has 2 aliphatic heterocycles. The minimum absolute atomic E-state index is 0.296. The molecule has 0 unspecified atom stereocenters. The zero-order valence-electron chi connectivity index (χ0n) is 16.7. The normalized spacial score (nSPS) is 41.0. The molecule has 2 fully saturated rings. The topological polar surface area (TPSA) is 188 Å². The summed E-state index contributed by atoms with van der Waals surface area (Å²) in [6.07, 6.45) is -15.1. The summed E-state index contributed by atoms with van der Waals surface area (Å²) in [6, 6.07) is 6.35. The third-order valence-corrected chi connectivity index (χ3v) is 5.27. The van der Waals surface area contributed by atoms with E-state index >= 15 is 0 Å². The van der Waals surface area contributed by atoms with Gasteiger partial charge in [-0.2, -0.15) is 0 Å². The van der Waals surface area contributed by atoms with Crippen LogP contribution in [0.25, 0.3) is 0 Å². The lowest BCUT2D eigenvalue weighted by molar-refractivity contribution is -0.352. The molecule has 0 bridgehead atoms. The minimum Gasteiger partial charge on any atom is -0.497 e. The van der Waals surface area contributed by atoms with E-state index in [2.05, 4.69) is 0 Å². The van der Waals surface area contributed by atoms with Crippen molar-refractivity contribution in [2.75, 3.05) is 20.3 Å². The lowest BCUT2D eigenvalue weighted by Crippen LogP contribution is -2.65. The van der Waals surface area contributed by atoms with Gasteiger partial charge in [0.15, 0.2) is 6.29 Å². The first-order valence-corrected chi connectivity index (χ1v) is 9.69. The van der Waals surface area contributed by atoms with Gasteiger partial charge in [0, 0.05) is 0 Å². The Labute approximate surface area is 177 Å². The summed E-state index contributed by atoms with van der Waals surface area (Å²) in [5.41, 5.74) is 0. The second-order valence-electron chi connectivity index (χ2n) is 7.30. The van der Waals surface area contributed by atoms with E-state index in [0.29, 0.717) is 11.5 Å². The maximum absolute atomic E-state index is 10.7. The molecule has 2 aliphatic rings. The molecule has 1 aromatic carbocycles. The van der Waals surface area contributed by atoms with Gasteiger partial charge in [-0.3, -0.25) is 0 Å². The van der Waals surface area contributed by atoms with Gasteiger partial charge in [0.2, 0.25) is 6.29 Å². The average molecular weight is 448 g/mol. The lowest BCUT2D eigenvalue weighted by atomic mass is 9.97. The Kier molecular flexibility index (Phi) is 8.04. The van der Waals surface area contributed by atoms with Crippen LogP contribution in [0.15, 0.2) is 24.3 Å². The molecule has 3 rings (SSSR count). The van der Waals surface area contributed by atoms with E-state index in [9.17, 15) is 35.7 Å². The maximum Gasteiger partial charge on any atom is 0.229 e. The Hall–Kier alpha value is -1.58. The van der Waals surface area contributed by atoms with Crippen molar-refractivity contribution >= 4 is 0 Å². The van der Waals surface area contributed by atoms with Crippen LogP contribution in [0.4, 0.5) is 0 Å². The summed E-state index contributed by atoms with van der Waals surface area (Å²) in [7, 11) is 1.50. The Balaban J connectivity index is 1.75. The molecule has 0 amide bonds. The standard InChI is InChI=1S/C19H28O12/c1-27-8-2-4-9(5-3-8)28-19-16(26)17(13(23)11(7-21)30-19)31-18-15(25)14(24)12(22)10(6-20)29-18/h2-5,10-26H,6-7H2,1H3/t10-,11-,12+,13+,14+,15-,16-,17+,18+,19+/m1/s1. The molecule has 7 N–H and O–H groups in total. The van der Waals surface area contributed by atoms with Gasteiger partial charge < -0.3 is 59.4 Å². The zero-order chi connectivity index (χ0) is 22.7. The van der Waals surface area contributed by atoms with Crippen molar-refractivity contribution in [2.45, 2.75) is 61.4 Å². The monoisotopic (exact) mass is 448 g/mol. The highest BCUT2D eigenvalue weighted by molar-refractivity contribution is 5.31. The molecular weight excluding hydrogens is 420 g/mol. The van der Waals surface area contributed by atoms with Crippen LogP contribution in [-0.4, -0.2) is 117 Å². The van der Waals surface area contributed by atoms with E-state index in [4.69, 9.17) is 23.7 Å². The average Bonchev–Trinajstić information content (AvgIpc) is 2.78. The van der Waals surface area contributed by atoms with Crippen LogP contribution in [0, 0.1) is 0 Å². The molecule has 176 valence electrons. The van der Waals surface area contributed by atoms with Crippen molar-refractivity contribution < 1.29 is 59.4 Å². The van der Waals surface area contributed by atoms with Crippen molar-refractivity contribution in [1.29, 1.82) is 0 Å². The van der Waals surface area contributed by atoms with Crippen molar-refractivity contribution in [3.8, 4) is 11.5 Å². The summed E-state index contributed by atoms with van der Waals surface area (Å²) in [5, 5.41) is 70.0. The van der Waals surface area contributed by atoms with Crippen molar-refractivity contribution in [3.63, 3.8) is 0 Å². The number of rotatable bonds is 7. The third-order valence-electron chi connectivity index (χ3n) is 5.27. The fraction of sp³-hybridized carbons (Fsp3) is 0.684. The fourth-order valence-corrected chi connectivity index (χ4v) is 3.43. The van der Waals surface area contributed by atoms with Crippen LogP contribution in [0.3, 0.4) is 0 Å². The number of methoxy groups -OCH3 is 1. The SMILES string of the molecule is COc1ccc(O[C@H]2O[C@H](CO)[C@H](O)[C@H](O[C@@H]3O[C@H](CO)[C@H](O)[C@H](O)[C@H]3O)[C@H]2O)cc1. The van der Waals surface area contributed by atoms with E-state index in [-0.39, 0.29) is 0 Å². The first kappa shape index (κ1) is 24.1. The number of hydrogen-bond acceptors (Lipinski definition) is 12. The molecule has 0 radical (unpaired) electrons. The van der Waals surface area contributed by atoms with Crippen LogP contribution in [0.5, 0.6) is 11.5 Å². The minimum atomic E-state index is -1.74. The lowest BCUT2D eigenvalue weighted by Gasteiger charge is -2.45. The zero-order valence-corrected chi connectivity index (χ0v) is 16.7. The van der Waals surface area contributed by atoms with Crippen LogP contribution in [0.2, 0.25) is 0 Å². The quantitative estimate of drug-likeness (QED) is 0.220. The van der Waals surface area contributed by atoms with Gasteiger partial charge >= 0.3 is 0 Å². The highest BCUT2D eigenvalue weighted by Gasteiger charge is 2.51. The molecule has 2 saturated heterocycles. The van der Waals surface area contributed by atoms with Crippen molar-refractivity contribution in [3.05, 3.63) is 24.3 Å². The van der Waals surface area contributed by atoms with Gasteiger partial charge in [-0.1, -0.05) is 0 Å². The Morgan fingerprint density at radius 3 is 1.84 bits per heavy atom. The number of hydrogen-bond donors (Lipinski definition) is 7. The van der Waals surface area contributed by atoms with Gasteiger partial charge in [0.1, 0.15) is 60.3 Å². The molecule has 0 aliphatic carbocycles. The van der Waals surface area contributed by atoms with Gasteiger partial charge in [-0.15, -0.1) is 0 Å². The van der Waals surface area contributed by atoms with E-state index in [1.165, 1.54) is 7.11 Å². The van der Waals surface area contributed by atoms with Gasteiger partial charge in [0.25, 0.3) is 0 Å². The third kappa shape index (κ3) is 5.09. The molecule has 31 heavy (non-hydrogen) atoms. The number of aliphatic hydroxyl groups excluding tert-OH is 7. The molecule has 0 saturated carbocycles. The molecule has 0 aromatic heterocycles. The van der Waals surface area contributed by atoms with E-state index in [0.717, 1.165) is 0 Å².